The molecule has 0 N–H and O–H groups in total. The summed E-state index contributed by atoms with van der Waals surface area (Å²) in [5.74, 6) is 1.36. The first-order chi connectivity index (χ1) is 61.9. The number of aryl methyl sites for hydroxylation is 2. The molecule has 136 heavy (non-hydrogen) atoms. The predicted octanol–water partition coefficient (Wildman–Crippen LogP) is 32.4. The normalized spacial score (nSPS) is 20.0. The molecule has 0 amide bonds. The number of fused-ring (bicyclic) bond motifs is 3. The van der Waals surface area contributed by atoms with Crippen LogP contribution in [0.15, 0.2) is 133 Å². The van der Waals surface area contributed by atoms with Gasteiger partial charge in [0.15, 0.2) is 0 Å². The molecule has 8 aromatic carbocycles. The molecule has 8 aromatic rings. The van der Waals surface area contributed by atoms with Crippen molar-refractivity contribution in [3.63, 3.8) is 0 Å². The average molecular weight is 1920 g/mol. The lowest BCUT2D eigenvalue weighted by Crippen LogP contribution is -2.45. The molecule has 0 bridgehead atoms. The van der Waals surface area contributed by atoms with Gasteiger partial charge in [0.1, 0.15) is 63.7 Å². The molecule has 13 rings (SSSR count). The summed E-state index contributed by atoms with van der Waals surface area (Å²) in [6.07, 6.45) is 3.64. The molecular formula is C117H161O16P3. The van der Waals surface area contributed by atoms with Gasteiger partial charge in [0.25, 0.3) is 0 Å². The lowest BCUT2D eigenvalue weighted by molar-refractivity contribution is -0.134. The fourth-order valence-corrected chi connectivity index (χ4v) is 24.8. The summed E-state index contributed by atoms with van der Waals surface area (Å²) in [6.45, 7) is 88.6. The van der Waals surface area contributed by atoms with Crippen LogP contribution in [0.4, 0.5) is 0 Å². The van der Waals surface area contributed by atoms with Crippen molar-refractivity contribution in [2.45, 2.75) is 375 Å². The highest BCUT2D eigenvalue weighted by atomic mass is 31.2. The van der Waals surface area contributed by atoms with E-state index in [1.807, 2.05) is 50.2 Å². The van der Waals surface area contributed by atoms with E-state index in [0.29, 0.717) is 39.9 Å². The van der Waals surface area contributed by atoms with Gasteiger partial charge in [0.05, 0.1) is 31.8 Å². The van der Waals surface area contributed by atoms with E-state index in [0.717, 1.165) is 110 Å². The number of hydrogen-bond donors (Lipinski definition) is 0. The summed E-state index contributed by atoms with van der Waals surface area (Å²) >= 11 is 0. The number of rotatable bonds is 21. The largest absolute Gasteiger partial charge is 0.530 e. The summed E-state index contributed by atoms with van der Waals surface area (Å²) in [5.41, 5.74) is 15.2. The average Bonchev–Trinajstić information content (AvgIpc) is 1.26. The minimum Gasteiger partial charge on any atom is -0.426 e. The van der Waals surface area contributed by atoms with Crippen LogP contribution in [0, 0.1) is 40.9 Å². The van der Waals surface area contributed by atoms with Gasteiger partial charge in [-0.3, -0.25) is 23.4 Å². The minimum atomic E-state index is -4.26. The van der Waals surface area contributed by atoms with E-state index in [1.54, 1.807) is 6.07 Å². The Balaban J connectivity index is 0.000000256. The second-order valence-electron chi connectivity index (χ2n) is 53.4. The van der Waals surface area contributed by atoms with E-state index in [1.165, 1.54) is 16.7 Å². The molecule has 1 spiro atoms. The maximum atomic E-state index is 14.7. The van der Waals surface area contributed by atoms with Crippen LogP contribution >= 0.6 is 25.0 Å². The number of carbonyl (C=O) groups excluding carboxylic acids is 3. The second kappa shape index (κ2) is 37.5. The number of esters is 3. The fraction of sp³-hybridized carbons (Fsp3) is 0.564. The number of phosphoric ester groups is 1. The molecule has 5 aliphatic rings. The van der Waals surface area contributed by atoms with E-state index in [-0.39, 0.29) is 120 Å². The number of hydrogen-bond acceptors (Lipinski definition) is 16. The van der Waals surface area contributed by atoms with E-state index in [9.17, 15) is 18.9 Å². The number of phosphoric acid groups is 1. The SMILES string of the molecule is CC(C)(C)CC(C)(C)c1ccc2c(c1)C(c1cc(C(C)(C)CC(C)(C)C)ccc1OP1OCC3(CO1)COP(=O)(Oc1ccc(C(C)(C)CC(C)(C)C)cc1C1C(=O)Oc4ccc(C(C)(C)CC(C)(C)C)cc41)OC3)C(=O)O2.Cc1cc(C2C(=O)Oc3c2cc(C(C)(C)C)cc3C(C)(C)C)cc(C)c1OP(Oc1ccc(C(C)(C)C)cc1C(C)(C)C)Oc1ccc(C(C)(C)C)cc1C(C)(C)C. The van der Waals surface area contributed by atoms with E-state index < -0.39 is 54.2 Å². The molecule has 2 saturated heterocycles. The topological polar surface area (TPSA) is 179 Å². The zero-order chi connectivity index (χ0) is 101. The van der Waals surface area contributed by atoms with Crippen LogP contribution in [0.2, 0.25) is 0 Å². The molecule has 16 nitrogen and oxygen atoms in total. The van der Waals surface area contributed by atoms with Crippen LogP contribution in [0.1, 0.15) is 407 Å². The van der Waals surface area contributed by atoms with Crippen molar-refractivity contribution in [1.82, 2.24) is 0 Å². The van der Waals surface area contributed by atoms with Crippen LogP contribution < -0.4 is 36.8 Å². The highest BCUT2D eigenvalue weighted by Gasteiger charge is 2.52. The van der Waals surface area contributed by atoms with Crippen molar-refractivity contribution in [2.24, 2.45) is 27.1 Å². The highest BCUT2D eigenvalue weighted by molar-refractivity contribution is 7.49. The first kappa shape index (κ1) is 107. The summed E-state index contributed by atoms with van der Waals surface area (Å²) in [7, 11) is -8.24. The quantitative estimate of drug-likeness (QED) is 0.0376. The summed E-state index contributed by atoms with van der Waals surface area (Å²) in [5, 5.41) is 0. The van der Waals surface area contributed by atoms with E-state index in [4.69, 9.17) is 54.9 Å². The molecule has 19 heteroatoms. The Labute approximate surface area is 819 Å². The molecule has 3 atom stereocenters. The molecule has 0 aromatic heterocycles. The number of ether oxygens (including phenoxy) is 3. The number of benzene rings is 8. The Morgan fingerprint density at radius 3 is 1.03 bits per heavy atom. The van der Waals surface area contributed by atoms with Crippen LogP contribution in [-0.4, -0.2) is 44.3 Å². The molecule has 2 fully saturated rings. The van der Waals surface area contributed by atoms with Crippen molar-refractivity contribution >= 4 is 42.9 Å². The molecule has 0 radical (unpaired) electrons. The standard InChI is InChI=1S/C65H90O11P2.C52H71O5P/c1-57(2,3)33-61(13,14)41-21-25-49-45(29-41)53(55(66)73-49)47-31-43(63(17,18)35-59(7,8)9)23-27-51(47)75-77-69-37-65(38-70-77)39-71-78(68,72-40-65)76-52-28-24-44(64(19,20)36-60(10,11)12)32-48(52)54-46-30-42(22-26-50(46)74-56(54)67)62(15,16)34-58(4,5)6;1-31-25-33(43-37-27-36(49(9,10)11)30-40(52(18,19)20)45(37)54-46(43)53)26-32(2)44(31)57-58(55-41-23-21-34(47(3,4)5)28-38(41)50(12,13)14)56-42-24-22-35(48(6,7)8)29-39(42)51(15,16)17/h21-32,53-54H,33-40H2,1-20H3;21-30,43H,1-20H3. The van der Waals surface area contributed by atoms with Gasteiger partial charge in [-0.25, -0.2) is 4.57 Å². The Kier molecular flexibility index (Phi) is 29.5. The lowest BCUT2D eigenvalue weighted by atomic mass is 9.71. The Morgan fingerprint density at radius 2 is 0.662 bits per heavy atom. The van der Waals surface area contributed by atoms with Crippen molar-refractivity contribution in [2.75, 3.05) is 26.4 Å². The van der Waals surface area contributed by atoms with Gasteiger partial charge >= 0.3 is 42.9 Å². The number of carbonyl (C=O) groups is 3. The Morgan fingerprint density at radius 1 is 0.338 bits per heavy atom. The third-order valence-electron chi connectivity index (χ3n) is 26.8. The maximum Gasteiger partial charge on any atom is 0.530 e. The second-order valence-corrected chi connectivity index (χ2v) is 57.1. The third-order valence-corrected chi connectivity index (χ3v) is 30.1. The first-order valence-electron chi connectivity index (χ1n) is 48.9. The van der Waals surface area contributed by atoms with Crippen molar-refractivity contribution in [3.05, 3.63) is 234 Å². The van der Waals surface area contributed by atoms with Gasteiger partial charge in [-0.05, 0) is 207 Å². The minimum absolute atomic E-state index is 0.0136. The molecule has 0 saturated carbocycles. The van der Waals surface area contributed by atoms with Crippen LogP contribution in [0.5, 0.6) is 46.0 Å². The third kappa shape index (κ3) is 25.0. The van der Waals surface area contributed by atoms with Crippen molar-refractivity contribution in [3.8, 4) is 46.0 Å². The van der Waals surface area contributed by atoms with Gasteiger partial charge < -0.3 is 45.9 Å². The van der Waals surface area contributed by atoms with E-state index >= 15 is 0 Å². The van der Waals surface area contributed by atoms with Crippen LogP contribution in [0.25, 0.3) is 0 Å². The Hall–Kier alpha value is -7.90. The predicted molar refractivity (Wildman–Crippen MR) is 555 cm³/mol. The van der Waals surface area contributed by atoms with Crippen LogP contribution in [-0.2, 0) is 91.2 Å². The fourth-order valence-electron chi connectivity index (χ4n) is 20.9. The Bertz CT molecular complexity index is 5750. The van der Waals surface area contributed by atoms with Gasteiger partial charge in [-0.2, -0.15) is 0 Å². The van der Waals surface area contributed by atoms with Gasteiger partial charge in [-0.1, -0.05) is 360 Å². The molecular weight excluding hydrogens is 1750 g/mol. The maximum absolute atomic E-state index is 14.7. The van der Waals surface area contributed by atoms with E-state index in [2.05, 4.69) is 354 Å². The monoisotopic (exact) mass is 1920 g/mol. The van der Waals surface area contributed by atoms with Crippen LogP contribution in [0.3, 0.4) is 0 Å². The van der Waals surface area contributed by atoms with Crippen molar-refractivity contribution in [1.29, 1.82) is 0 Å². The highest BCUT2D eigenvalue weighted by Crippen LogP contribution is 2.62. The first-order valence-corrected chi connectivity index (χ1v) is 52.6. The van der Waals surface area contributed by atoms with Gasteiger partial charge in [0, 0.05) is 44.5 Å². The molecule has 740 valence electrons. The summed E-state index contributed by atoms with van der Waals surface area (Å²) in [6, 6.07) is 45.5. The molecule has 0 aliphatic carbocycles. The zero-order valence-electron chi connectivity index (χ0n) is 90.0. The molecule has 5 aliphatic heterocycles. The van der Waals surface area contributed by atoms with Gasteiger partial charge in [-0.15, -0.1) is 0 Å². The smallest absolute Gasteiger partial charge is 0.426 e. The summed E-state index contributed by atoms with van der Waals surface area (Å²) < 4.78 is 91.7. The molecule has 3 unspecified atom stereocenters. The molecule has 5 heterocycles. The van der Waals surface area contributed by atoms with Gasteiger partial charge in [0.2, 0.25) is 0 Å². The van der Waals surface area contributed by atoms with Crippen molar-refractivity contribution < 1.29 is 73.9 Å². The zero-order valence-corrected chi connectivity index (χ0v) is 92.6. The lowest BCUT2D eigenvalue weighted by Gasteiger charge is -2.41. The summed E-state index contributed by atoms with van der Waals surface area (Å²) in [4.78, 5) is 42.2.